The van der Waals surface area contributed by atoms with Crippen molar-refractivity contribution in [1.82, 2.24) is 9.73 Å². The number of ether oxygens (including phenoxy) is 1. The number of hydrogen-bond acceptors (Lipinski definition) is 5. The van der Waals surface area contributed by atoms with Crippen molar-refractivity contribution in [3.8, 4) is 11.5 Å². The fourth-order valence-electron chi connectivity index (χ4n) is 3.52. The molecule has 1 aliphatic carbocycles. The maximum Gasteiger partial charge on any atom is 0.255 e. The standard InChI is InChI=1S/C22H27N3O4S/c1-30(27,28)25(19-10-4-2-5-11-19)17-22(26)24-23-16-18-9-8-14-21(15-18)29-20-12-6-3-7-13-20/h3,6-9,12-16,19H,2,4-5,10-11,17H2,1H3,(H,24,26). The van der Waals surface area contributed by atoms with Crippen molar-refractivity contribution in [2.45, 2.75) is 38.1 Å². The van der Waals surface area contributed by atoms with E-state index in [-0.39, 0.29) is 12.6 Å². The molecule has 7 nitrogen and oxygen atoms in total. The quantitative estimate of drug-likeness (QED) is 0.514. The van der Waals surface area contributed by atoms with Gasteiger partial charge in [-0.3, -0.25) is 4.79 Å². The van der Waals surface area contributed by atoms with Gasteiger partial charge in [-0.1, -0.05) is 49.6 Å². The van der Waals surface area contributed by atoms with Crippen LogP contribution in [0.4, 0.5) is 0 Å². The monoisotopic (exact) mass is 429 g/mol. The number of hydrazone groups is 1. The maximum atomic E-state index is 12.3. The van der Waals surface area contributed by atoms with E-state index in [1.54, 1.807) is 6.07 Å². The van der Waals surface area contributed by atoms with Crippen molar-refractivity contribution in [2.24, 2.45) is 5.10 Å². The van der Waals surface area contributed by atoms with Gasteiger partial charge in [-0.15, -0.1) is 0 Å². The molecule has 1 aliphatic rings. The van der Waals surface area contributed by atoms with E-state index in [1.165, 1.54) is 10.5 Å². The van der Waals surface area contributed by atoms with Crippen LogP contribution in [-0.2, 0) is 14.8 Å². The average Bonchev–Trinajstić information content (AvgIpc) is 2.73. The number of carbonyl (C=O) groups excluding carboxylic acids is 1. The number of rotatable bonds is 8. The minimum Gasteiger partial charge on any atom is -0.457 e. The molecule has 1 N–H and O–H groups in total. The molecule has 1 saturated carbocycles. The van der Waals surface area contributed by atoms with Gasteiger partial charge in [0.05, 0.1) is 19.0 Å². The van der Waals surface area contributed by atoms with Crippen molar-refractivity contribution in [2.75, 3.05) is 12.8 Å². The predicted molar refractivity (Wildman–Crippen MR) is 117 cm³/mol. The van der Waals surface area contributed by atoms with Crippen molar-refractivity contribution in [3.63, 3.8) is 0 Å². The van der Waals surface area contributed by atoms with E-state index < -0.39 is 15.9 Å². The molecule has 3 rings (SSSR count). The largest absolute Gasteiger partial charge is 0.457 e. The highest BCUT2D eigenvalue weighted by Gasteiger charge is 2.29. The van der Waals surface area contributed by atoms with E-state index in [2.05, 4.69) is 10.5 Å². The Kier molecular flexibility index (Phi) is 7.59. The highest BCUT2D eigenvalue weighted by molar-refractivity contribution is 7.88. The molecule has 0 saturated heterocycles. The Labute approximate surface area is 177 Å². The van der Waals surface area contributed by atoms with Crippen molar-refractivity contribution < 1.29 is 17.9 Å². The molecule has 0 radical (unpaired) electrons. The lowest BCUT2D eigenvalue weighted by atomic mass is 9.95. The zero-order chi connectivity index (χ0) is 21.4. The molecule has 0 aliphatic heterocycles. The van der Waals surface area contributed by atoms with Crippen LogP contribution < -0.4 is 10.2 Å². The van der Waals surface area contributed by atoms with Gasteiger partial charge < -0.3 is 4.74 Å². The van der Waals surface area contributed by atoms with E-state index in [0.717, 1.165) is 49.7 Å². The number of carbonyl (C=O) groups is 1. The van der Waals surface area contributed by atoms with Gasteiger partial charge in [0.1, 0.15) is 11.5 Å². The number of benzene rings is 2. The van der Waals surface area contributed by atoms with Gasteiger partial charge in [0, 0.05) is 6.04 Å². The summed E-state index contributed by atoms with van der Waals surface area (Å²) in [4.78, 5) is 12.3. The number of hydrogen-bond donors (Lipinski definition) is 1. The SMILES string of the molecule is CS(=O)(=O)N(CC(=O)NN=Cc1cccc(Oc2ccccc2)c1)C1CCCCC1. The van der Waals surface area contributed by atoms with E-state index in [4.69, 9.17) is 4.74 Å². The summed E-state index contributed by atoms with van der Waals surface area (Å²) in [5.41, 5.74) is 3.17. The second kappa shape index (κ2) is 10.4. The minimum atomic E-state index is -3.47. The van der Waals surface area contributed by atoms with Gasteiger partial charge in [-0.25, -0.2) is 13.8 Å². The first-order valence-corrected chi connectivity index (χ1v) is 11.9. The first-order valence-electron chi connectivity index (χ1n) is 10.0. The van der Waals surface area contributed by atoms with Crippen LogP contribution in [0.1, 0.15) is 37.7 Å². The normalized spacial score (nSPS) is 15.4. The van der Waals surface area contributed by atoms with Crippen molar-refractivity contribution >= 4 is 22.1 Å². The van der Waals surface area contributed by atoms with Crippen LogP contribution in [0, 0.1) is 0 Å². The number of para-hydroxylation sites is 1. The van der Waals surface area contributed by atoms with Crippen LogP contribution in [0.5, 0.6) is 11.5 Å². The molecule has 0 heterocycles. The summed E-state index contributed by atoms with van der Waals surface area (Å²) >= 11 is 0. The van der Waals surface area contributed by atoms with E-state index >= 15 is 0 Å². The molecule has 1 amide bonds. The summed E-state index contributed by atoms with van der Waals surface area (Å²) in [5, 5.41) is 3.97. The van der Waals surface area contributed by atoms with E-state index in [9.17, 15) is 13.2 Å². The minimum absolute atomic E-state index is 0.115. The smallest absolute Gasteiger partial charge is 0.255 e. The summed E-state index contributed by atoms with van der Waals surface area (Å²) in [6.07, 6.45) is 7.31. The predicted octanol–water partition coefficient (Wildman–Crippen LogP) is 3.52. The summed E-state index contributed by atoms with van der Waals surface area (Å²) < 4.78 is 31.4. The summed E-state index contributed by atoms with van der Waals surface area (Å²) in [6.45, 7) is -0.224. The number of nitrogens with one attached hydrogen (secondary N) is 1. The Morgan fingerprint density at radius 3 is 2.50 bits per heavy atom. The molecular formula is C22H27N3O4S. The number of nitrogens with zero attached hydrogens (tertiary/aromatic N) is 2. The first-order chi connectivity index (χ1) is 14.4. The number of sulfonamides is 1. The zero-order valence-electron chi connectivity index (χ0n) is 17.0. The van der Waals surface area contributed by atoms with Crippen LogP contribution in [0.25, 0.3) is 0 Å². The molecule has 160 valence electrons. The maximum absolute atomic E-state index is 12.3. The Morgan fingerprint density at radius 1 is 1.10 bits per heavy atom. The third-order valence-electron chi connectivity index (χ3n) is 4.95. The molecule has 0 atom stereocenters. The van der Waals surface area contributed by atoms with Crippen LogP contribution >= 0.6 is 0 Å². The summed E-state index contributed by atoms with van der Waals surface area (Å²) in [5.74, 6) is 0.916. The Morgan fingerprint density at radius 2 is 1.80 bits per heavy atom. The van der Waals surface area contributed by atoms with Gasteiger partial charge >= 0.3 is 0 Å². The molecule has 0 unspecified atom stereocenters. The molecule has 0 spiro atoms. The fourth-order valence-corrected chi connectivity index (χ4v) is 4.63. The Balaban J connectivity index is 1.57. The van der Waals surface area contributed by atoms with Crippen LogP contribution in [0.3, 0.4) is 0 Å². The van der Waals surface area contributed by atoms with Gasteiger partial charge in [-0.2, -0.15) is 9.41 Å². The molecule has 30 heavy (non-hydrogen) atoms. The fraction of sp³-hybridized carbons (Fsp3) is 0.364. The molecule has 2 aromatic carbocycles. The van der Waals surface area contributed by atoms with Gasteiger partial charge in [0.25, 0.3) is 5.91 Å². The lowest BCUT2D eigenvalue weighted by Crippen LogP contribution is -2.45. The van der Waals surface area contributed by atoms with Gasteiger partial charge in [-0.05, 0) is 42.7 Å². The third kappa shape index (κ3) is 6.67. The molecular weight excluding hydrogens is 402 g/mol. The molecule has 8 heteroatoms. The highest BCUT2D eigenvalue weighted by Crippen LogP contribution is 2.24. The molecule has 1 fully saturated rings. The number of amides is 1. The van der Waals surface area contributed by atoms with Gasteiger partial charge in [0.2, 0.25) is 10.0 Å². The third-order valence-corrected chi connectivity index (χ3v) is 6.23. The second-order valence-electron chi connectivity index (χ2n) is 7.38. The van der Waals surface area contributed by atoms with Crippen molar-refractivity contribution in [1.29, 1.82) is 0 Å². The van der Waals surface area contributed by atoms with Crippen LogP contribution in [-0.4, -0.2) is 43.7 Å². The topological polar surface area (TPSA) is 88.1 Å². The second-order valence-corrected chi connectivity index (χ2v) is 9.32. The van der Waals surface area contributed by atoms with Gasteiger partial charge in [0.15, 0.2) is 0 Å². The van der Waals surface area contributed by atoms with E-state index in [1.807, 2.05) is 48.5 Å². The Hall–Kier alpha value is -2.71. The Bertz CT molecular complexity index is 971. The van der Waals surface area contributed by atoms with E-state index in [0.29, 0.717) is 5.75 Å². The van der Waals surface area contributed by atoms with Crippen LogP contribution in [0.15, 0.2) is 59.7 Å². The zero-order valence-corrected chi connectivity index (χ0v) is 17.8. The average molecular weight is 430 g/mol. The summed E-state index contributed by atoms with van der Waals surface area (Å²) in [6, 6.07) is 16.6. The lowest BCUT2D eigenvalue weighted by molar-refractivity contribution is -0.121. The van der Waals surface area contributed by atoms with Crippen molar-refractivity contribution in [3.05, 3.63) is 60.2 Å². The molecule has 2 aromatic rings. The molecule has 0 aromatic heterocycles. The first kappa shape index (κ1) is 22.0. The lowest BCUT2D eigenvalue weighted by Gasteiger charge is -2.31. The highest BCUT2D eigenvalue weighted by atomic mass is 32.2. The molecule has 0 bridgehead atoms. The summed E-state index contributed by atoms with van der Waals surface area (Å²) in [7, 11) is -3.47. The van der Waals surface area contributed by atoms with Crippen LogP contribution in [0.2, 0.25) is 0 Å².